The standard InChI is InChI=1S/C16H15BrN4/c17-14-10-19-16(20-11-14)21-7-6-12(9-18)8-15(21)13-4-2-1-3-5-13/h1-5,10-12,15H,6-8H2. The van der Waals surface area contributed by atoms with Crippen molar-refractivity contribution in [3.8, 4) is 6.07 Å². The van der Waals surface area contributed by atoms with Gasteiger partial charge < -0.3 is 4.90 Å². The molecule has 2 aromatic rings. The van der Waals surface area contributed by atoms with Crippen LogP contribution in [-0.2, 0) is 0 Å². The van der Waals surface area contributed by atoms with Gasteiger partial charge in [0.15, 0.2) is 0 Å². The number of anilines is 1. The average Bonchev–Trinajstić information content (AvgIpc) is 2.56. The lowest BCUT2D eigenvalue weighted by atomic mass is 9.88. The number of benzene rings is 1. The third kappa shape index (κ3) is 3.06. The molecule has 2 heterocycles. The van der Waals surface area contributed by atoms with E-state index >= 15 is 0 Å². The molecule has 2 unspecified atom stereocenters. The Balaban J connectivity index is 1.93. The summed E-state index contributed by atoms with van der Waals surface area (Å²) in [7, 11) is 0. The molecule has 0 bridgehead atoms. The molecule has 5 heteroatoms. The summed E-state index contributed by atoms with van der Waals surface area (Å²) in [5, 5.41) is 9.24. The minimum Gasteiger partial charge on any atom is -0.334 e. The maximum atomic E-state index is 9.24. The van der Waals surface area contributed by atoms with Crippen LogP contribution in [0, 0.1) is 17.2 Å². The number of hydrogen-bond donors (Lipinski definition) is 0. The molecule has 106 valence electrons. The molecule has 4 nitrogen and oxygen atoms in total. The van der Waals surface area contributed by atoms with Crippen LogP contribution < -0.4 is 4.90 Å². The normalized spacial score (nSPS) is 21.8. The quantitative estimate of drug-likeness (QED) is 0.834. The van der Waals surface area contributed by atoms with Gasteiger partial charge in [0.05, 0.1) is 22.5 Å². The zero-order valence-electron chi connectivity index (χ0n) is 11.5. The second-order valence-corrected chi connectivity index (χ2v) is 6.09. The van der Waals surface area contributed by atoms with E-state index in [1.807, 2.05) is 18.2 Å². The minimum absolute atomic E-state index is 0.0990. The van der Waals surface area contributed by atoms with Crippen molar-refractivity contribution in [3.63, 3.8) is 0 Å². The van der Waals surface area contributed by atoms with Gasteiger partial charge in [-0.2, -0.15) is 5.26 Å². The van der Waals surface area contributed by atoms with E-state index in [0.29, 0.717) is 0 Å². The zero-order chi connectivity index (χ0) is 14.7. The van der Waals surface area contributed by atoms with Gasteiger partial charge in [0.1, 0.15) is 0 Å². The van der Waals surface area contributed by atoms with E-state index in [2.05, 4.69) is 49.0 Å². The first kappa shape index (κ1) is 14.0. The zero-order valence-corrected chi connectivity index (χ0v) is 13.1. The number of halogens is 1. The van der Waals surface area contributed by atoms with Crippen LogP contribution in [0.15, 0.2) is 47.2 Å². The third-order valence-corrected chi connectivity index (χ3v) is 4.24. The van der Waals surface area contributed by atoms with E-state index < -0.39 is 0 Å². The van der Waals surface area contributed by atoms with Crippen LogP contribution >= 0.6 is 15.9 Å². The largest absolute Gasteiger partial charge is 0.334 e. The monoisotopic (exact) mass is 342 g/mol. The highest BCUT2D eigenvalue weighted by molar-refractivity contribution is 9.10. The van der Waals surface area contributed by atoms with Gasteiger partial charge in [-0.05, 0) is 34.3 Å². The molecule has 0 aliphatic carbocycles. The summed E-state index contributed by atoms with van der Waals surface area (Å²) in [5.41, 5.74) is 1.21. The van der Waals surface area contributed by atoms with Gasteiger partial charge in [0, 0.05) is 18.9 Å². The Morgan fingerprint density at radius 2 is 1.90 bits per heavy atom. The highest BCUT2D eigenvalue weighted by atomic mass is 79.9. The van der Waals surface area contributed by atoms with Crippen molar-refractivity contribution in [3.05, 3.63) is 52.8 Å². The van der Waals surface area contributed by atoms with Crippen LogP contribution in [0.5, 0.6) is 0 Å². The van der Waals surface area contributed by atoms with Gasteiger partial charge in [0.25, 0.3) is 0 Å². The molecular weight excluding hydrogens is 328 g/mol. The predicted octanol–water partition coefficient (Wildman–Crippen LogP) is 3.72. The summed E-state index contributed by atoms with van der Waals surface area (Å²) in [6.07, 6.45) is 5.21. The van der Waals surface area contributed by atoms with Crippen molar-refractivity contribution in [2.75, 3.05) is 11.4 Å². The number of aromatic nitrogens is 2. The number of nitrogens with zero attached hydrogens (tertiary/aromatic N) is 4. The highest BCUT2D eigenvalue weighted by Crippen LogP contribution is 2.35. The summed E-state index contributed by atoms with van der Waals surface area (Å²) in [5.74, 6) is 0.824. The smallest absolute Gasteiger partial charge is 0.225 e. The van der Waals surface area contributed by atoms with Gasteiger partial charge in [-0.3, -0.25) is 0 Å². The van der Waals surface area contributed by atoms with Crippen LogP contribution in [-0.4, -0.2) is 16.5 Å². The summed E-state index contributed by atoms with van der Waals surface area (Å²) >= 11 is 3.36. The van der Waals surface area contributed by atoms with Crippen LogP contribution in [0.1, 0.15) is 24.4 Å². The molecule has 3 rings (SSSR count). The van der Waals surface area contributed by atoms with Gasteiger partial charge >= 0.3 is 0 Å². The molecule has 1 aromatic heterocycles. The number of hydrogen-bond acceptors (Lipinski definition) is 4. The SMILES string of the molecule is N#CC1CCN(c2ncc(Br)cn2)C(c2ccccc2)C1. The van der Waals surface area contributed by atoms with Crippen molar-refractivity contribution < 1.29 is 0 Å². The maximum Gasteiger partial charge on any atom is 0.225 e. The fourth-order valence-electron chi connectivity index (χ4n) is 2.77. The topological polar surface area (TPSA) is 52.8 Å². The van der Waals surface area contributed by atoms with Crippen LogP contribution in [0.3, 0.4) is 0 Å². The van der Waals surface area contributed by atoms with Crippen molar-refractivity contribution in [2.24, 2.45) is 5.92 Å². The Morgan fingerprint density at radius 1 is 1.19 bits per heavy atom. The highest BCUT2D eigenvalue weighted by Gasteiger charge is 2.31. The molecule has 0 spiro atoms. The fourth-order valence-corrected chi connectivity index (χ4v) is 2.97. The molecule has 1 saturated heterocycles. The first-order chi connectivity index (χ1) is 10.3. The van der Waals surface area contributed by atoms with Crippen LogP contribution in [0.4, 0.5) is 5.95 Å². The lowest BCUT2D eigenvalue weighted by Crippen LogP contribution is -2.37. The molecule has 0 radical (unpaired) electrons. The van der Waals surface area contributed by atoms with Crippen molar-refractivity contribution in [1.82, 2.24) is 9.97 Å². The number of piperidine rings is 1. The van der Waals surface area contributed by atoms with Crippen molar-refractivity contribution in [2.45, 2.75) is 18.9 Å². The summed E-state index contributed by atoms with van der Waals surface area (Å²) < 4.78 is 0.870. The summed E-state index contributed by atoms with van der Waals surface area (Å²) in [6, 6.07) is 12.9. The van der Waals surface area contributed by atoms with E-state index in [1.165, 1.54) is 5.56 Å². The fraction of sp³-hybridized carbons (Fsp3) is 0.312. The minimum atomic E-state index is 0.0990. The molecule has 1 aliphatic heterocycles. The molecule has 0 saturated carbocycles. The second kappa shape index (κ2) is 6.23. The molecule has 2 atom stereocenters. The lowest BCUT2D eigenvalue weighted by Gasteiger charge is -2.37. The van der Waals surface area contributed by atoms with E-state index in [4.69, 9.17) is 0 Å². The van der Waals surface area contributed by atoms with E-state index in [9.17, 15) is 5.26 Å². The molecule has 0 amide bonds. The Kier molecular flexibility index (Phi) is 4.16. The first-order valence-electron chi connectivity index (χ1n) is 6.96. The predicted molar refractivity (Wildman–Crippen MR) is 84.6 cm³/mol. The van der Waals surface area contributed by atoms with Gasteiger partial charge in [-0.25, -0.2) is 9.97 Å². The van der Waals surface area contributed by atoms with E-state index in [-0.39, 0.29) is 12.0 Å². The van der Waals surface area contributed by atoms with Crippen molar-refractivity contribution >= 4 is 21.9 Å². The van der Waals surface area contributed by atoms with Gasteiger partial charge in [-0.1, -0.05) is 30.3 Å². The molecule has 21 heavy (non-hydrogen) atoms. The van der Waals surface area contributed by atoms with Crippen LogP contribution in [0.2, 0.25) is 0 Å². The van der Waals surface area contributed by atoms with Gasteiger partial charge in [0.2, 0.25) is 5.95 Å². The summed E-state index contributed by atoms with van der Waals surface area (Å²) in [6.45, 7) is 0.805. The van der Waals surface area contributed by atoms with E-state index in [1.54, 1.807) is 12.4 Å². The summed E-state index contributed by atoms with van der Waals surface area (Å²) in [4.78, 5) is 11.0. The Bertz CT molecular complexity index is 636. The lowest BCUT2D eigenvalue weighted by molar-refractivity contribution is 0.401. The molecule has 0 N–H and O–H groups in total. The Labute approximate surface area is 132 Å². The Hall–Kier alpha value is -1.93. The Morgan fingerprint density at radius 3 is 2.57 bits per heavy atom. The van der Waals surface area contributed by atoms with Crippen LogP contribution in [0.25, 0.3) is 0 Å². The molecule has 1 fully saturated rings. The van der Waals surface area contributed by atoms with E-state index in [0.717, 1.165) is 29.8 Å². The molecule has 1 aromatic carbocycles. The molecular formula is C16H15BrN4. The second-order valence-electron chi connectivity index (χ2n) is 5.17. The average molecular weight is 343 g/mol. The third-order valence-electron chi connectivity index (χ3n) is 3.83. The molecule has 1 aliphatic rings. The van der Waals surface area contributed by atoms with Crippen molar-refractivity contribution in [1.29, 1.82) is 5.26 Å². The van der Waals surface area contributed by atoms with Gasteiger partial charge in [-0.15, -0.1) is 0 Å². The number of rotatable bonds is 2. The maximum absolute atomic E-state index is 9.24. The number of nitriles is 1. The first-order valence-corrected chi connectivity index (χ1v) is 7.76.